The predicted molar refractivity (Wildman–Crippen MR) is 127 cm³/mol. The van der Waals surface area contributed by atoms with Crippen molar-refractivity contribution in [1.82, 2.24) is 19.5 Å². The average molecular weight is 548 g/mol. The Labute approximate surface area is 209 Å². The van der Waals surface area contributed by atoms with Crippen molar-refractivity contribution in [2.24, 2.45) is 0 Å². The van der Waals surface area contributed by atoms with Gasteiger partial charge in [0.1, 0.15) is 30.2 Å². The highest BCUT2D eigenvalue weighted by atomic mass is 35.5. The lowest BCUT2D eigenvalue weighted by Crippen LogP contribution is -2.34. The minimum absolute atomic E-state index is 0.175. The molecule has 2 aliphatic rings. The topological polar surface area (TPSA) is 147 Å². The first-order chi connectivity index (χ1) is 16.3. The zero-order valence-electron chi connectivity index (χ0n) is 17.4. The van der Waals surface area contributed by atoms with Gasteiger partial charge < -0.3 is 34.3 Å². The number of nitrogens with zero attached hydrogens (tertiary/aromatic N) is 4. The molecule has 11 nitrogen and oxygen atoms in total. The van der Waals surface area contributed by atoms with Gasteiger partial charge in [0.25, 0.3) is 0 Å². The monoisotopic (exact) mass is 547 g/mol. The number of hydrogen-bond acceptors (Lipinski definition) is 11. The number of aliphatic hydroxyl groups is 2. The van der Waals surface area contributed by atoms with Crippen molar-refractivity contribution in [3.05, 3.63) is 46.5 Å². The van der Waals surface area contributed by atoms with Crippen molar-refractivity contribution in [2.75, 3.05) is 18.9 Å². The number of ether oxygens (including phenoxy) is 1. The van der Waals surface area contributed by atoms with E-state index >= 15 is 0 Å². The standard InChI is InChI=1S/C19H20Cl2N5O6PS/c20-9-1-2-11(21)10(5-9)12-3-4-29-33(34,32-12)30-6-13-15(27)16(28)19(31-13)26-8-25-14-17(22)23-7-24-18(14)26/h1-2,5,7-8,12-13,15-16,19,27-28H,3-4,6H2,(H2,22,23,24)/t12-,13+,15+,16+,19+,33?/m0/s1. The van der Waals surface area contributed by atoms with E-state index in [1.165, 1.54) is 17.2 Å². The number of fused-ring (bicyclic) bond motifs is 1. The summed E-state index contributed by atoms with van der Waals surface area (Å²) in [6.07, 6.45) is -1.70. The van der Waals surface area contributed by atoms with Crippen LogP contribution in [0.5, 0.6) is 0 Å². The number of nitrogens with two attached hydrogens (primary N) is 1. The third kappa shape index (κ3) is 4.56. The molecule has 1 unspecified atom stereocenters. The largest absolute Gasteiger partial charge is 0.387 e. The van der Waals surface area contributed by atoms with Crippen molar-refractivity contribution >= 4 is 58.7 Å². The smallest absolute Gasteiger partial charge is 0.327 e. The average Bonchev–Trinajstić information content (AvgIpc) is 3.36. The molecular weight excluding hydrogens is 528 g/mol. The fraction of sp³-hybridized carbons (Fsp3) is 0.421. The van der Waals surface area contributed by atoms with E-state index in [1.54, 1.807) is 18.2 Å². The summed E-state index contributed by atoms with van der Waals surface area (Å²) >= 11 is 17.9. The van der Waals surface area contributed by atoms with Crippen LogP contribution in [-0.2, 0) is 30.1 Å². The number of rotatable bonds is 5. The fourth-order valence-electron chi connectivity index (χ4n) is 3.87. The van der Waals surface area contributed by atoms with Crippen LogP contribution in [0.4, 0.5) is 5.82 Å². The van der Waals surface area contributed by atoms with E-state index in [9.17, 15) is 10.2 Å². The Morgan fingerprint density at radius 3 is 2.88 bits per heavy atom. The molecule has 4 heterocycles. The number of imidazole rings is 1. The second-order valence-corrected chi connectivity index (χ2v) is 11.6. The summed E-state index contributed by atoms with van der Waals surface area (Å²) in [4.78, 5) is 12.2. The number of benzene rings is 1. The molecule has 0 aliphatic carbocycles. The molecule has 3 aromatic rings. The van der Waals surface area contributed by atoms with E-state index in [0.717, 1.165) is 0 Å². The highest BCUT2D eigenvalue weighted by Crippen LogP contribution is 2.58. The maximum Gasteiger partial charge on any atom is 0.327 e. The van der Waals surface area contributed by atoms with E-state index in [2.05, 4.69) is 15.0 Å². The van der Waals surface area contributed by atoms with Crippen LogP contribution in [0.1, 0.15) is 24.3 Å². The molecule has 2 aromatic heterocycles. The Bertz CT molecular complexity index is 1270. The van der Waals surface area contributed by atoms with Crippen LogP contribution in [0, 0.1) is 0 Å². The highest BCUT2D eigenvalue weighted by molar-refractivity contribution is 8.07. The van der Waals surface area contributed by atoms with Crippen LogP contribution in [0.3, 0.4) is 0 Å². The lowest BCUT2D eigenvalue weighted by molar-refractivity contribution is -0.0533. The van der Waals surface area contributed by atoms with Crippen molar-refractivity contribution in [3.63, 3.8) is 0 Å². The van der Waals surface area contributed by atoms with Gasteiger partial charge in [-0.15, -0.1) is 0 Å². The van der Waals surface area contributed by atoms with Crippen LogP contribution < -0.4 is 5.73 Å². The number of halogens is 2. The Morgan fingerprint density at radius 2 is 2.06 bits per heavy atom. The van der Waals surface area contributed by atoms with Crippen LogP contribution in [0.25, 0.3) is 11.2 Å². The minimum atomic E-state index is -3.19. The van der Waals surface area contributed by atoms with E-state index in [0.29, 0.717) is 39.8 Å². The second-order valence-electron chi connectivity index (χ2n) is 7.75. The lowest BCUT2D eigenvalue weighted by atomic mass is 10.1. The molecular formula is C19H20Cl2N5O6PS. The van der Waals surface area contributed by atoms with Gasteiger partial charge in [0.15, 0.2) is 17.7 Å². The van der Waals surface area contributed by atoms with Crippen LogP contribution in [0.15, 0.2) is 30.9 Å². The zero-order chi connectivity index (χ0) is 24.0. The first-order valence-corrected chi connectivity index (χ1v) is 13.5. The summed E-state index contributed by atoms with van der Waals surface area (Å²) in [5.74, 6) is 0.190. The van der Waals surface area contributed by atoms with Crippen LogP contribution in [-0.4, -0.2) is 61.3 Å². The quantitative estimate of drug-likeness (QED) is 0.405. The Balaban J connectivity index is 1.28. The molecule has 4 N–H and O–H groups in total. The third-order valence-electron chi connectivity index (χ3n) is 5.59. The molecule has 0 radical (unpaired) electrons. The summed E-state index contributed by atoms with van der Waals surface area (Å²) in [6, 6.07) is 5.09. The van der Waals surface area contributed by atoms with Crippen molar-refractivity contribution in [3.8, 4) is 0 Å². The van der Waals surface area contributed by atoms with Crippen molar-refractivity contribution in [2.45, 2.75) is 37.1 Å². The number of aliphatic hydroxyl groups excluding tert-OH is 2. The molecule has 0 bridgehead atoms. The summed E-state index contributed by atoms with van der Waals surface area (Å²) in [6.45, 7) is -3.07. The summed E-state index contributed by atoms with van der Waals surface area (Å²) in [5, 5.41) is 22.2. The molecule has 2 aliphatic heterocycles. The first kappa shape index (κ1) is 24.3. The van der Waals surface area contributed by atoms with Crippen molar-refractivity contribution in [1.29, 1.82) is 0 Å². The van der Waals surface area contributed by atoms with Gasteiger partial charge in [-0.3, -0.25) is 4.57 Å². The maximum atomic E-state index is 10.6. The van der Waals surface area contributed by atoms with E-state index in [4.69, 9.17) is 59.1 Å². The Kier molecular flexibility index (Phi) is 6.81. The summed E-state index contributed by atoms with van der Waals surface area (Å²) in [5.41, 5.74) is 7.23. The van der Waals surface area contributed by atoms with Gasteiger partial charge in [0.2, 0.25) is 0 Å². The Morgan fingerprint density at radius 1 is 1.24 bits per heavy atom. The minimum Gasteiger partial charge on any atom is -0.387 e. The number of nitrogen functional groups attached to an aromatic ring is 1. The molecule has 182 valence electrons. The van der Waals surface area contributed by atoms with Gasteiger partial charge in [-0.05, 0) is 30.0 Å². The van der Waals surface area contributed by atoms with Gasteiger partial charge in [0, 0.05) is 22.0 Å². The molecule has 5 rings (SSSR count). The second kappa shape index (κ2) is 9.55. The molecule has 2 saturated heterocycles. The van der Waals surface area contributed by atoms with Crippen molar-refractivity contribution < 1.29 is 28.5 Å². The number of aromatic nitrogens is 4. The Hall–Kier alpha value is -1.44. The molecule has 0 amide bonds. The molecule has 15 heteroatoms. The van der Waals surface area contributed by atoms with Gasteiger partial charge >= 0.3 is 6.72 Å². The van der Waals surface area contributed by atoms with Gasteiger partial charge in [-0.2, -0.15) is 0 Å². The van der Waals surface area contributed by atoms with Gasteiger partial charge in [-0.1, -0.05) is 23.2 Å². The SMILES string of the molecule is Nc1ncnc2c1ncn2[C@@H]1O[C@H](COP2(=S)OCC[C@@H](c3cc(Cl)ccc3Cl)O2)[C@@H](O)[C@H]1O. The highest BCUT2D eigenvalue weighted by Gasteiger charge is 2.45. The normalized spacial score (nSPS) is 31.8. The maximum absolute atomic E-state index is 10.6. The van der Waals surface area contributed by atoms with Gasteiger partial charge in [0.05, 0.1) is 25.6 Å². The predicted octanol–water partition coefficient (Wildman–Crippen LogP) is 2.75. The fourth-order valence-corrected chi connectivity index (χ4v) is 6.39. The molecule has 1 aromatic carbocycles. The molecule has 0 saturated carbocycles. The molecule has 0 spiro atoms. The molecule has 34 heavy (non-hydrogen) atoms. The van der Waals surface area contributed by atoms with Crippen LogP contribution >= 0.6 is 29.9 Å². The molecule has 6 atom stereocenters. The number of anilines is 1. The van der Waals surface area contributed by atoms with E-state index in [1.807, 2.05) is 0 Å². The van der Waals surface area contributed by atoms with Crippen LogP contribution in [0.2, 0.25) is 10.0 Å². The van der Waals surface area contributed by atoms with Gasteiger partial charge in [-0.25, -0.2) is 15.0 Å². The first-order valence-electron chi connectivity index (χ1n) is 10.2. The zero-order valence-corrected chi connectivity index (χ0v) is 20.6. The summed E-state index contributed by atoms with van der Waals surface area (Å²) < 4.78 is 24.8. The lowest BCUT2D eigenvalue weighted by Gasteiger charge is -2.33. The third-order valence-corrected chi connectivity index (χ3v) is 8.53. The summed E-state index contributed by atoms with van der Waals surface area (Å²) in [7, 11) is 0. The van der Waals surface area contributed by atoms with E-state index < -0.39 is 37.4 Å². The van der Waals surface area contributed by atoms with E-state index in [-0.39, 0.29) is 12.4 Å². The number of hydrogen-bond donors (Lipinski definition) is 3. The molecule has 2 fully saturated rings.